The number of aliphatic imine (C=N–C) groups is 1. The fraction of sp³-hybridized carbons (Fsp3) is 0.207. The van der Waals surface area contributed by atoms with Crippen LogP contribution in [0.3, 0.4) is 0 Å². The van der Waals surface area contributed by atoms with Crippen molar-refractivity contribution < 1.29 is 28.2 Å². The summed E-state index contributed by atoms with van der Waals surface area (Å²) in [4.78, 5) is 25.4. The van der Waals surface area contributed by atoms with E-state index in [4.69, 9.17) is 21.1 Å². The van der Waals surface area contributed by atoms with Crippen molar-refractivity contribution in [3.05, 3.63) is 106 Å². The van der Waals surface area contributed by atoms with Gasteiger partial charge in [-0.1, -0.05) is 30.3 Å². The van der Waals surface area contributed by atoms with Gasteiger partial charge in [0.25, 0.3) is 5.91 Å². The Balaban J connectivity index is 1.57. The predicted octanol–water partition coefficient (Wildman–Crippen LogP) is 5.60. The van der Waals surface area contributed by atoms with Gasteiger partial charge in [-0.05, 0) is 42.3 Å². The van der Waals surface area contributed by atoms with Crippen LogP contribution >= 0.6 is 11.6 Å². The molecule has 3 aromatic rings. The molecule has 1 fully saturated rings. The Bertz CT molecular complexity index is 1540. The molecular weight excluding hydrogens is 542 g/mol. The number of likely N-dealkylation sites (tertiary alicyclic amines) is 1. The van der Waals surface area contributed by atoms with Crippen molar-refractivity contribution in [2.24, 2.45) is 4.99 Å². The molecule has 1 amide bonds. The number of rotatable bonds is 6. The highest BCUT2D eigenvalue weighted by atomic mass is 35.5. The number of halogens is 3. The van der Waals surface area contributed by atoms with Crippen molar-refractivity contribution in [3.63, 3.8) is 0 Å². The second kappa shape index (κ2) is 11.0. The minimum atomic E-state index is -0.669. The highest BCUT2D eigenvalue weighted by Gasteiger charge is 2.39. The SMILES string of the molecule is C=C1N=C(c2ccc(Cl)nc2)N(c2c(OC)cccc2OC)C(O)=C1C(=O)N1CCC(c2ccc(F)cc2F)C1. The van der Waals surface area contributed by atoms with Crippen molar-refractivity contribution in [1.82, 2.24) is 9.88 Å². The molecule has 1 atom stereocenters. The topological polar surface area (TPSA) is 87.5 Å². The van der Waals surface area contributed by atoms with E-state index in [1.165, 1.54) is 42.3 Å². The monoisotopic (exact) mass is 566 g/mol. The average molecular weight is 567 g/mol. The van der Waals surface area contributed by atoms with Crippen molar-refractivity contribution in [2.75, 3.05) is 32.2 Å². The van der Waals surface area contributed by atoms with Crippen LogP contribution in [0.25, 0.3) is 0 Å². The van der Waals surface area contributed by atoms with Crippen molar-refractivity contribution in [2.45, 2.75) is 12.3 Å². The number of hydrogen-bond acceptors (Lipinski definition) is 7. The molecule has 0 saturated carbocycles. The molecule has 40 heavy (non-hydrogen) atoms. The molecule has 0 radical (unpaired) electrons. The van der Waals surface area contributed by atoms with E-state index >= 15 is 0 Å². The van der Waals surface area contributed by atoms with Gasteiger partial charge in [-0.15, -0.1) is 0 Å². The molecule has 11 heteroatoms. The van der Waals surface area contributed by atoms with E-state index in [1.807, 2.05) is 0 Å². The molecule has 5 rings (SSSR count). The number of methoxy groups -OCH3 is 2. The Morgan fingerprint density at radius 2 is 1.85 bits per heavy atom. The van der Waals surface area contributed by atoms with Crippen LogP contribution in [0.4, 0.5) is 14.5 Å². The highest BCUT2D eigenvalue weighted by Crippen LogP contribution is 2.43. The first kappa shape index (κ1) is 27.1. The quantitative estimate of drug-likeness (QED) is 0.391. The number of ether oxygens (including phenoxy) is 2. The Labute approximate surface area is 234 Å². The molecule has 1 N–H and O–H groups in total. The fourth-order valence-electron chi connectivity index (χ4n) is 4.95. The molecule has 206 valence electrons. The molecule has 2 aliphatic heterocycles. The zero-order valence-corrected chi connectivity index (χ0v) is 22.5. The van der Waals surface area contributed by atoms with Gasteiger partial charge in [0.05, 0.1) is 19.9 Å². The summed E-state index contributed by atoms with van der Waals surface area (Å²) in [6.07, 6.45) is 1.94. The van der Waals surface area contributed by atoms with Crippen LogP contribution in [0.1, 0.15) is 23.5 Å². The van der Waals surface area contributed by atoms with Gasteiger partial charge >= 0.3 is 0 Å². The molecule has 1 saturated heterocycles. The van der Waals surface area contributed by atoms with Crippen molar-refractivity contribution in [1.29, 1.82) is 0 Å². The molecule has 0 aliphatic carbocycles. The number of aliphatic hydroxyl groups is 1. The highest BCUT2D eigenvalue weighted by molar-refractivity contribution is 6.29. The molecular formula is C29H25ClF2N4O4. The van der Waals surface area contributed by atoms with E-state index in [1.54, 1.807) is 30.3 Å². The number of anilines is 1. The maximum Gasteiger partial charge on any atom is 0.261 e. The van der Waals surface area contributed by atoms with Crippen LogP contribution in [-0.2, 0) is 4.79 Å². The molecule has 2 aromatic carbocycles. The summed E-state index contributed by atoms with van der Waals surface area (Å²) in [6, 6.07) is 11.7. The number of hydrogen-bond donors (Lipinski definition) is 1. The van der Waals surface area contributed by atoms with E-state index in [2.05, 4.69) is 16.6 Å². The first-order valence-corrected chi connectivity index (χ1v) is 12.7. The number of aliphatic hydroxyl groups excluding tert-OH is 1. The maximum absolute atomic E-state index is 14.5. The summed E-state index contributed by atoms with van der Waals surface area (Å²) in [7, 11) is 2.93. The average Bonchev–Trinajstić information content (AvgIpc) is 3.43. The molecule has 2 aliphatic rings. The molecule has 3 heterocycles. The Morgan fingerprint density at radius 3 is 2.48 bits per heavy atom. The first-order valence-electron chi connectivity index (χ1n) is 12.3. The fourth-order valence-corrected chi connectivity index (χ4v) is 5.06. The van der Waals surface area contributed by atoms with Gasteiger partial charge in [0, 0.05) is 36.8 Å². The normalized spacial score (nSPS) is 17.3. The Kier molecular flexibility index (Phi) is 7.44. The first-order chi connectivity index (χ1) is 19.2. The zero-order valence-electron chi connectivity index (χ0n) is 21.7. The van der Waals surface area contributed by atoms with Crippen LogP contribution in [0.2, 0.25) is 5.15 Å². The van der Waals surface area contributed by atoms with Gasteiger partial charge < -0.3 is 19.5 Å². The number of aromatic nitrogens is 1. The molecule has 1 unspecified atom stereocenters. The molecule has 1 aromatic heterocycles. The van der Waals surface area contributed by atoms with E-state index < -0.39 is 23.4 Å². The Hall–Kier alpha value is -4.44. The lowest BCUT2D eigenvalue weighted by Crippen LogP contribution is -2.40. The van der Waals surface area contributed by atoms with Crippen LogP contribution < -0.4 is 14.4 Å². The smallest absolute Gasteiger partial charge is 0.261 e. The lowest BCUT2D eigenvalue weighted by atomic mass is 9.98. The maximum atomic E-state index is 14.5. The van der Waals surface area contributed by atoms with Gasteiger partial charge in [-0.2, -0.15) is 0 Å². The summed E-state index contributed by atoms with van der Waals surface area (Å²) in [5, 5.41) is 12.0. The lowest BCUT2D eigenvalue weighted by molar-refractivity contribution is -0.126. The Morgan fingerprint density at radius 1 is 1.12 bits per heavy atom. The third kappa shape index (κ3) is 4.86. The predicted molar refractivity (Wildman–Crippen MR) is 147 cm³/mol. The second-order valence-corrected chi connectivity index (χ2v) is 9.59. The number of benzene rings is 2. The number of carbonyl (C=O) groups excluding carboxylic acids is 1. The van der Waals surface area contributed by atoms with Crippen LogP contribution in [0.5, 0.6) is 11.5 Å². The van der Waals surface area contributed by atoms with E-state index in [0.717, 1.165) is 6.07 Å². The van der Waals surface area contributed by atoms with Crippen molar-refractivity contribution >= 4 is 29.0 Å². The third-order valence-electron chi connectivity index (χ3n) is 6.88. The van der Waals surface area contributed by atoms with Crippen molar-refractivity contribution in [3.8, 4) is 11.5 Å². The minimum Gasteiger partial charge on any atom is -0.494 e. The number of pyridine rings is 1. The van der Waals surface area contributed by atoms with E-state index in [-0.39, 0.29) is 34.7 Å². The number of amides is 1. The number of para-hydroxylation sites is 1. The van der Waals surface area contributed by atoms with Gasteiger partial charge in [0.15, 0.2) is 0 Å². The summed E-state index contributed by atoms with van der Waals surface area (Å²) >= 11 is 5.99. The standard InChI is InChI=1S/C29H25ClF2N4O4/c1-16-25(28(37)35-12-11-18(15-35)20-9-8-19(31)13-21(20)32)29(38)36(26-22(39-2)5-4-6-23(26)40-3)27(34-16)17-7-10-24(30)33-14-17/h4-10,13-14,18,38H,1,11-12,15H2,2-3H3. The van der Waals surface area contributed by atoms with Gasteiger partial charge in [0.2, 0.25) is 5.88 Å². The number of nitrogens with zero attached hydrogens (tertiary/aromatic N) is 4. The largest absolute Gasteiger partial charge is 0.494 e. The van der Waals surface area contributed by atoms with Gasteiger partial charge in [-0.3, -0.25) is 9.69 Å². The summed E-state index contributed by atoms with van der Waals surface area (Å²) in [5.41, 5.74) is 0.981. The second-order valence-electron chi connectivity index (χ2n) is 9.20. The summed E-state index contributed by atoms with van der Waals surface area (Å²) in [6.45, 7) is 4.42. The van der Waals surface area contributed by atoms with Gasteiger partial charge in [0.1, 0.15) is 45.4 Å². The van der Waals surface area contributed by atoms with E-state index in [9.17, 15) is 18.7 Å². The summed E-state index contributed by atoms with van der Waals surface area (Å²) < 4.78 is 39.0. The van der Waals surface area contributed by atoms with Crippen LogP contribution in [0, 0.1) is 11.6 Å². The van der Waals surface area contributed by atoms with E-state index in [0.29, 0.717) is 41.3 Å². The number of carbonyl (C=O) groups is 1. The zero-order chi connectivity index (χ0) is 28.6. The van der Waals surface area contributed by atoms with Crippen LogP contribution in [0.15, 0.2) is 83.5 Å². The third-order valence-corrected chi connectivity index (χ3v) is 7.10. The minimum absolute atomic E-state index is 0.0222. The summed E-state index contributed by atoms with van der Waals surface area (Å²) in [5.74, 6) is -1.77. The molecule has 0 spiro atoms. The molecule has 0 bridgehead atoms. The lowest BCUT2D eigenvalue weighted by Gasteiger charge is -2.33. The van der Waals surface area contributed by atoms with Gasteiger partial charge in [-0.25, -0.2) is 18.8 Å². The molecule has 8 nitrogen and oxygen atoms in total. The number of amidine groups is 1. The van der Waals surface area contributed by atoms with Crippen LogP contribution in [-0.4, -0.2) is 54.0 Å².